The second-order valence-electron chi connectivity index (χ2n) is 9.08. The van der Waals surface area contributed by atoms with E-state index in [1.165, 1.54) is 13.2 Å². The Balaban J connectivity index is 1.57. The van der Waals surface area contributed by atoms with Crippen molar-refractivity contribution in [3.05, 3.63) is 86.5 Å². The van der Waals surface area contributed by atoms with Gasteiger partial charge in [0.2, 0.25) is 0 Å². The van der Waals surface area contributed by atoms with Gasteiger partial charge in [-0.25, -0.2) is 4.79 Å². The lowest BCUT2D eigenvalue weighted by Gasteiger charge is -2.26. The lowest BCUT2D eigenvalue weighted by molar-refractivity contribution is -0.130. The van der Waals surface area contributed by atoms with Crippen LogP contribution in [0.3, 0.4) is 0 Å². The van der Waals surface area contributed by atoms with E-state index < -0.39 is 17.8 Å². The number of benzene rings is 3. The number of methoxy groups -OCH3 is 1. The van der Waals surface area contributed by atoms with Crippen LogP contribution in [0.25, 0.3) is 6.08 Å². The Bertz CT molecular complexity index is 1460. The van der Waals surface area contributed by atoms with E-state index in [4.69, 9.17) is 18.9 Å². The predicted molar refractivity (Wildman–Crippen MR) is 162 cm³/mol. The zero-order valence-electron chi connectivity index (χ0n) is 23.1. The summed E-state index contributed by atoms with van der Waals surface area (Å²) in [7, 11) is 1.52. The molecule has 1 aliphatic rings. The van der Waals surface area contributed by atoms with Crippen molar-refractivity contribution in [2.75, 3.05) is 20.3 Å². The van der Waals surface area contributed by atoms with E-state index in [1.54, 1.807) is 30.3 Å². The molecular weight excluding hydrogens is 639 g/mol. The van der Waals surface area contributed by atoms with Gasteiger partial charge in [0.25, 0.3) is 11.8 Å². The molecule has 1 N–H and O–H groups in total. The molecule has 9 nitrogen and oxygen atoms in total. The third kappa shape index (κ3) is 7.37. The molecule has 214 valence electrons. The van der Waals surface area contributed by atoms with Gasteiger partial charge < -0.3 is 18.9 Å². The van der Waals surface area contributed by atoms with Gasteiger partial charge in [-0.3, -0.25) is 19.8 Å². The third-order valence-corrected chi connectivity index (χ3v) is 6.89. The highest BCUT2D eigenvalue weighted by atomic mass is 127. The average molecular weight is 670 g/mol. The number of ether oxygens (including phenoxy) is 4. The Morgan fingerprint density at radius 2 is 1.66 bits per heavy atom. The summed E-state index contributed by atoms with van der Waals surface area (Å²) in [6.07, 6.45) is 2.28. The first-order valence-electron chi connectivity index (χ1n) is 13.2. The van der Waals surface area contributed by atoms with Gasteiger partial charge in [0, 0.05) is 0 Å². The second kappa shape index (κ2) is 14.0. The molecule has 1 fully saturated rings. The van der Waals surface area contributed by atoms with E-state index in [-0.39, 0.29) is 12.1 Å². The van der Waals surface area contributed by atoms with Crippen LogP contribution >= 0.6 is 22.6 Å². The van der Waals surface area contributed by atoms with Gasteiger partial charge in [-0.15, -0.1) is 0 Å². The monoisotopic (exact) mass is 670 g/mol. The number of urea groups is 1. The Morgan fingerprint density at radius 3 is 2.37 bits per heavy atom. The lowest BCUT2D eigenvalue weighted by atomic mass is 10.1. The average Bonchev–Trinajstić information content (AvgIpc) is 2.97. The van der Waals surface area contributed by atoms with Crippen LogP contribution in [0.5, 0.6) is 23.0 Å². The molecule has 0 radical (unpaired) electrons. The van der Waals surface area contributed by atoms with Crippen LogP contribution in [0.2, 0.25) is 0 Å². The molecule has 0 saturated carbocycles. The third-order valence-electron chi connectivity index (χ3n) is 6.08. The normalized spacial score (nSPS) is 14.2. The van der Waals surface area contributed by atoms with Crippen molar-refractivity contribution in [2.45, 2.75) is 33.4 Å². The van der Waals surface area contributed by atoms with E-state index in [1.807, 2.05) is 44.2 Å². The minimum Gasteiger partial charge on any atom is -0.493 e. The number of carbonyl (C=O) groups is 3. The van der Waals surface area contributed by atoms with Crippen LogP contribution in [-0.2, 0) is 22.7 Å². The Labute approximate surface area is 252 Å². The molecule has 0 bridgehead atoms. The summed E-state index contributed by atoms with van der Waals surface area (Å²) in [4.78, 5) is 39.8. The molecular formula is C31H31IN2O7. The van der Waals surface area contributed by atoms with Gasteiger partial charge in [0.05, 0.1) is 30.4 Å². The fraction of sp³-hybridized carbons (Fsp3) is 0.258. The van der Waals surface area contributed by atoms with E-state index in [0.29, 0.717) is 53.9 Å². The largest absolute Gasteiger partial charge is 0.493 e. The summed E-state index contributed by atoms with van der Waals surface area (Å²) in [5, 5.41) is 2.27. The van der Waals surface area contributed by atoms with Gasteiger partial charge in [0.1, 0.15) is 12.2 Å². The minimum atomic E-state index is -0.793. The number of hydrogen-bond donors (Lipinski definition) is 1. The Hall–Kier alpha value is -4.06. The van der Waals surface area contributed by atoms with Crippen molar-refractivity contribution in [1.82, 2.24) is 10.2 Å². The summed E-state index contributed by atoms with van der Waals surface area (Å²) in [5.41, 5.74) is 2.02. The molecule has 1 heterocycles. The quantitative estimate of drug-likeness (QED) is 0.149. The smallest absolute Gasteiger partial charge is 0.331 e. The predicted octanol–water partition coefficient (Wildman–Crippen LogP) is 5.73. The molecule has 4 rings (SSSR count). The molecule has 3 aromatic rings. The number of carbonyl (C=O) groups excluding carboxylic acids is 3. The Kier molecular flexibility index (Phi) is 10.2. The van der Waals surface area contributed by atoms with Crippen LogP contribution in [0.4, 0.5) is 4.79 Å². The molecule has 4 amide bonds. The van der Waals surface area contributed by atoms with Gasteiger partial charge >= 0.3 is 6.03 Å². The summed E-state index contributed by atoms with van der Waals surface area (Å²) in [6.45, 7) is 5.12. The highest BCUT2D eigenvalue weighted by molar-refractivity contribution is 14.1. The van der Waals surface area contributed by atoms with E-state index in [0.717, 1.165) is 20.5 Å². The molecule has 0 spiro atoms. The zero-order chi connectivity index (χ0) is 29.4. The number of rotatable bonds is 12. The lowest BCUT2D eigenvalue weighted by Crippen LogP contribution is -2.53. The van der Waals surface area contributed by atoms with Crippen LogP contribution in [0, 0.1) is 3.57 Å². The van der Waals surface area contributed by atoms with Crippen molar-refractivity contribution in [1.29, 1.82) is 0 Å². The van der Waals surface area contributed by atoms with Crippen LogP contribution in [0.1, 0.15) is 37.0 Å². The highest BCUT2D eigenvalue weighted by Gasteiger charge is 2.36. The molecule has 0 aromatic heterocycles. The fourth-order valence-corrected chi connectivity index (χ4v) is 4.91. The van der Waals surface area contributed by atoms with Crippen molar-refractivity contribution < 1.29 is 33.3 Å². The van der Waals surface area contributed by atoms with Gasteiger partial charge in [-0.2, -0.15) is 0 Å². The van der Waals surface area contributed by atoms with Crippen LogP contribution in [-0.4, -0.2) is 43.1 Å². The first-order valence-corrected chi connectivity index (χ1v) is 14.2. The maximum absolute atomic E-state index is 13.4. The summed E-state index contributed by atoms with van der Waals surface area (Å²) < 4.78 is 23.7. The van der Waals surface area contributed by atoms with Crippen molar-refractivity contribution in [3.8, 4) is 23.0 Å². The molecule has 41 heavy (non-hydrogen) atoms. The number of nitrogens with zero attached hydrogens (tertiary/aromatic N) is 1. The fourth-order valence-electron chi connectivity index (χ4n) is 4.13. The molecule has 1 saturated heterocycles. The highest BCUT2D eigenvalue weighted by Crippen LogP contribution is 2.36. The van der Waals surface area contributed by atoms with Gasteiger partial charge in [0.15, 0.2) is 23.0 Å². The standard InChI is InChI=1S/C31H31IN2O7/c1-4-13-40-25-12-11-21(16-26(25)39-5-2)18-34-30(36)23(29(35)33-31(34)37)14-22-15-24(32)28(27(17-22)38-3)41-19-20-9-7-6-8-10-20/h6-12,14-17H,4-5,13,18-19H2,1-3H3,(H,33,35,37)/b23-14+. The number of nitrogens with one attached hydrogen (secondary N) is 1. The number of amides is 4. The van der Waals surface area contributed by atoms with Gasteiger partial charge in [-0.05, 0) is 83.0 Å². The molecule has 0 atom stereocenters. The van der Waals surface area contributed by atoms with E-state index in [2.05, 4.69) is 27.9 Å². The van der Waals surface area contributed by atoms with Gasteiger partial charge in [-0.1, -0.05) is 43.3 Å². The van der Waals surface area contributed by atoms with Crippen LogP contribution in [0.15, 0.2) is 66.2 Å². The SMILES string of the molecule is CCCOc1ccc(CN2C(=O)NC(=O)/C(=C\c3cc(I)c(OCc4ccccc4)c(OC)c3)C2=O)cc1OCC. The summed E-state index contributed by atoms with van der Waals surface area (Å²) in [5.74, 6) is 0.625. The van der Waals surface area contributed by atoms with E-state index in [9.17, 15) is 14.4 Å². The molecule has 1 aliphatic heterocycles. The summed E-state index contributed by atoms with van der Waals surface area (Å²) >= 11 is 2.12. The van der Waals surface area contributed by atoms with Crippen molar-refractivity contribution >= 4 is 46.5 Å². The maximum Gasteiger partial charge on any atom is 0.331 e. The number of imide groups is 2. The molecule has 0 aliphatic carbocycles. The molecule has 10 heteroatoms. The number of barbiturate groups is 1. The summed E-state index contributed by atoms with van der Waals surface area (Å²) in [6, 6.07) is 17.6. The molecule has 0 unspecified atom stereocenters. The first kappa shape index (κ1) is 29.9. The molecule has 3 aromatic carbocycles. The van der Waals surface area contributed by atoms with Crippen molar-refractivity contribution in [2.24, 2.45) is 0 Å². The Morgan fingerprint density at radius 1 is 0.878 bits per heavy atom. The topological polar surface area (TPSA) is 103 Å². The second-order valence-corrected chi connectivity index (χ2v) is 10.2. The zero-order valence-corrected chi connectivity index (χ0v) is 25.2. The van der Waals surface area contributed by atoms with Crippen LogP contribution < -0.4 is 24.3 Å². The van der Waals surface area contributed by atoms with E-state index >= 15 is 0 Å². The number of halogens is 1. The minimum absolute atomic E-state index is 0.0590. The first-order chi connectivity index (χ1) is 19.8. The number of hydrogen-bond acceptors (Lipinski definition) is 7. The maximum atomic E-state index is 13.4. The van der Waals surface area contributed by atoms with Crippen molar-refractivity contribution in [3.63, 3.8) is 0 Å².